The van der Waals surface area contributed by atoms with Crippen molar-refractivity contribution in [2.75, 3.05) is 5.32 Å². The number of benzene rings is 1. The number of nitrogens with one attached hydrogen (secondary N) is 1. The molecule has 1 aliphatic heterocycles. The Morgan fingerprint density at radius 1 is 1.37 bits per heavy atom. The number of piperidine rings is 1. The Hall–Kier alpha value is -1.29. The van der Waals surface area contributed by atoms with Gasteiger partial charge in [-0.3, -0.25) is 0 Å². The summed E-state index contributed by atoms with van der Waals surface area (Å²) in [6, 6.07) is 4.34. The smallest absolute Gasteiger partial charge is 0.319 e. The highest BCUT2D eigenvalue weighted by atomic mass is 35.5. The van der Waals surface area contributed by atoms with Crippen molar-refractivity contribution < 1.29 is 9.18 Å². The molecule has 2 atom stereocenters. The normalized spacial score (nSPS) is 23.3. The van der Waals surface area contributed by atoms with Crippen molar-refractivity contribution in [2.24, 2.45) is 0 Å². The minimum atomic E-state index is -0.516. The van der Waals surface area contributed by atoms with E-state index in [0.29, 0.717) is 5.02 Å². The zero-order valence-electron chi connectivity index (χ0n) is 11.1. The van der Waals surface area contributed by atoms with Crippen molar-refractivity contribution in [2.45, 2.75) is 45.2 Å². The second kappa shape index (κ2) is 5.78. The van der Waals surface area contributed by atoms with Gasteiger partial charge >= 0.3 is 6.03 Å². The summed E-state index contributed by atoms with van der Waals surface area (Å²) in [4.78, 5) is 14.0. The average molecular weight is 285 g/mol. The lowest BCUT2D eigenvalue weighted by atomic mass is 9.98. The molecule has 0 spiro atoms. The van der Waals surface area contributed by atoms with Crippen LogP contribution in [0.15, 0.2) is 18.2 Å². The van der Waals surface area contributed by atoms with Crippen molar-refractivity contribution in [1.82, 2.24) is 4.90 Å². The first-order valence-electron chi connectivity index (χ1n) is 6.53. The number of hydrogen-bond acceptors (Lipinski definition) is 1. The number of anilines is 1. The highest BCUT2D eigenvalue weighted by Gasteiger charge is 2.29. The summed E-state index contributed by atoms with van der Waals surface area (Å²) in [6.45, 7) is 4.04. The predicted molar refractivity (Wildman–Crippen MR) is 75.0 cm³/mol. The van der Waals surface area contributed by atoms with Gasteiger partial charge in [-0.2, -0.15) is 0 Å². The highest BCUT2D eigenvalue weighted by molar-refractivity contribution is 6.30. The third-order valence-corrected chi connectivity index (χ3v) is 3.84. The Morgan fingerprint density at radius 3 is 2.58 bits per heavy atom. The van der Waals surface area contributed by atoms with Crippen LogP contribution in [0, 0.1) is 5.82 Å². The van der Waals surface area contributed by atoms with E-state index in [1.807, 2.05) is 13.8 Å². The SMILES string of the molecule is C[C@H]1CCC[C@H](C)N1C(=O)Nc1ccc(Cl)cc1F. The van der Waals surface area contributed by atoms with Crippen LogP contribution in [0.4, 0.5) is 14.9 Å². The molecule has 1 saturated heterocycles. The summed E-state index contributed by atoms with van der Waals surface area (Å²) >= 11 is 5.69. The van der Waals surface area contributed by atoms with Gasteiger partial charge in [0.05, 0.1) is 5.69 Å². The molecule has 0 aromatic heterocycles. The van der Waals surface area contributed by atoms with E-state index < -0.39 is 5.82 Å². The van der Waals surface area contributed by atoms with Crippen molar-refractivity contribution >= 4 is 23.3 Å². The number of hydrogen-bond donors (Lipinski definition) is 1. The largest absolute Gasteiger partial charge is 0.322 e. The van der Waals surface area contributed by atoms with Crippen LogP contribution in [0.5, 0.6) is 0 Å². The molecule has 1 fully saturated rings. The molecule has 1 aromatic carbocycles. The zero-order valence-corrected chi connectivity index (χ0v) is 11.9. The lowest BCUT2D eigenvalue weighted by molar-refractivity contribution is 0.133. The molecule has 104 valence electrons. The minimum absolute atomic E-state index is 0.166. The molecule has 19 heavy (non-hydrogen) atoms. The average Bonchev–Trinajstić information content (AvgIpc) is 2.32. The molecule has 5 heteroatoms. The maximum Gasteiger partial charge on any atom is 0.322 e. The van der Waals surface area contributed by atoms with E-state index in [9.17, 15) is 9.18 Å². The van der Waals surface area contributed by atoms with Crippen LogP contribution >= 0.6 is 11.6 Å². The van der Waals surface area contributed by atoms with Crippen LogP contribution in [0.1, 0.15) is 33.1 Å². The Balaban J connectivity index is 2.11. The third-order valence-electron chi connectivity index (χ3n) is 3.60. The number of urea groups is 1. The van der Waals surface area contributed by atoms with Crippen LogP contribution in [-0.4, -0.2) is 23.0 Å². The van der Waals surface area contributed by atoms with E-state index in [1.54, 1.807) is 11.0 Å². The van der Waals surface area contributed by atoms with E-state index in [4.69, 9.17) is 11.6 Å². The second-order valence-electron chi connectivity index (χ2n) is 5.09. The highest BCUT2D eigenvalue weighted by Crippen LogP contribution is 2.25. The fraction of sp³-hybridized carbons (Fsp3) is 0.500. The van der Waals surface area contributed by atoms with Gasteiger partial charge in [-0.1, -0.05) is 11.6 Å². The first-order chi connectivity index (χ1) is 8.99. The van der Waals surface area contributed by atoms with E-state index in [1.165, 1.54) is 12.1 Å². The summed E-state index contributed by atoms with van der Waals surface area (Å²) < 4.78 is 13.7. The van der Waals surface area contributed by atoms with Crippen LogP contribution < -0.4 is 5.32 Å². The van der Waals surface area contributed by atoms with Gasteiger partial charge < -0.3 is 10.2 Å². The monoisotopic (exact) mass is 284 g/mol. The third kappa shape index (κ3) is 3.18. The molecule has 2 amide bonds. The predicted octanol–water partition coefficient (Wildman–Crippen LogP) is 4.27. The molecule has 0 bridgehead atoms. The van der Waals surface area contributed by atoms with E-state index in [2.05, 4.69) is 5.32 Å². The summed E-state index contributed by atoms with van der Waals surface area (Å²) in [6.07, 6.45) is 3.10. The van der Waals surface area contributed by atoms with Gasteiger partial charge in [0.1, 0.15) is 5.82 Å². The quantitative estimate of drug-likeness (QED) is 0.820. The van der Waals surface area contributed by atoms with Gasteiger partial charge in [0.25, 0.3) is 0 Å². The minimum Gasteiger partial charge on any atom is -0.319 e. The van der Waals surface area contributed by atoms with Crippen LogP contribution in [-0.2, 0) is 0 Å². The fourth-order valence-electron chi connectivity index (χ4n) is 2.59. The molecule has 0 aliphatic carbocycles. The second-order valence-corrected chi connectivity index (χ2v) is 5.53. The number of carbonyl (C=O) groups is 1. The van der Waals surface area contributed by atoms with Gasteiger partial charge in [-0.05, 0) is 51.3 Å². The summed E-state index contributed by atoms with van der Waals surface area (Å²) in [5, 5.41) is 2.94. The van der Waals surface area contributed by atoms with Crippen molar-refractivity contribution in [3.05, 3.63) is 29.0 Å². The first-order valence-corrected chi connectivity index (χ1v) is 6.91. The number of amides is 2. The Bertz CT molecular complexity index is 471. The number of likely N-dealkylation sites (tertiary alicyclic amines) is 1. The Kier molecular flexibility index (Phi) is 4.30. The lowest BCUT2D eigenvalue weighted by Crippen LogP contribution is -2.49. The summed E-state index contributed by atoms with van der Waals surface area (Å²) in [7, 11) is 0. The van der Waals surface area contributed by atoms with E-state index >= 15 is 0 Å². The Morgan fingerprint density at radius 2 is 2.00 bits per heavy atom. The number of carbonyl (C=O) groups excluding carboxylic acids is 1. The van der Waals surface area contributed by atoms with Gasteiger partial charge in [0, 0.05) is 17.1 Å². The molecule has 1 aliphatic rings. The molecular weight excluding hydrogens is 267 g/mol. The molecule has 0 unspecified atom stereocenters. The van der Waals surface area contributed by atoms with Gasteiger partial charge in [0.2, 0.25) is 0 Å². The number of rotatable bonds is 1. The van der Waals surface area contributed by atoms with Crippen LogP contribution in [0.25, 0.3) is 0 Å². The molecule has 3 nitrogen and oxygen atoms in total. The molecule has 1 aromatic rings. The van der Waals surface area contributed by atoms with Crippen LogP contribution in [0.3, 0.4) is 0 Å². The van der Waals surface area contributed by atoms with Crippen molar-refractivity contribution in [3.8, 4) is 0 Å². The summed E-state index contributed by atoms with van der Waals surface area (Å²) in [5.41, 5.74) is 0.166. The summed E-state index contributed by atoms with van der Waals surface area (Å²) in [5.74, 6) is -0.516. The van der Waals surface area contributed by atoms with Gasteiger partial charge in [0.15, 0.2) is 0 Å². The fourth-order valence-corrected chi connectivity index (χ4v) is 2.75. The van der Waals surface area contributed by atoms with Crippen molar-refractivity contribution in [1.29, 1.82) is 0 Å². The van der Waals surface area contributed by atoms with Gasteiger partial charge in [-0.25, -0.2) is 9.18 Å². The molecular formula is C14H18ClFN2O. The van der Waals surface area contributed by atoms with Crippen molar-refractivity contribution in [3.63, 3.8) is 0 Å². The molecule has 1 N–H and O–H groups in total. The first kappa shape index (κ1) is 14.1. The molecule has 0 saturated carbocycles. The maximum absolute atomic E-state index is 13.7. The molecule has 1 heterocycles. The zero-order chi connectivity index (χ0) is 14.0. The van der Waals surface area contributed by atoms with E-state index in [-0.39, 0.29) is 23.8 Å². The van der Waals surface area contributed by atoms with E-state index in [0.717, 1.165) is 19.3 Å². The Labute approximate surface area is 117 Å². The number of nitrogens with zero attached hydrogens (tertiary/aromatic N) is 1. The van der Waals surface area contributed by atoms with Crippen LogP contribution in [0.2, 0.25) is 5.02 Å². The topological polar surface area (TPSA) is 32.3 Å². The standard InChI is InChI=1S/C14H18ClFN2O/c1-9-4-3-5-10(2)18(9)14(19)17-13-7-6-11(15)8-12(13)16/h6-10H,3-5H2,1-2H3,(H,17,19)/t9-,10-/m0/s1. The van der Waals surface area contributed by atoms with Gasteiger partial charge in [-0.15, -0.1) is 0 Å². The molecule has 0 radical (unpaired) electrons. The number of halogens is 2. The lowest BCUT2D eigenvalue weighted by Gasteiger charge is -2.38. The maximum atomic E-state index is 13.7. The molecule has 2 rings (SSSR count).